The van der Waals surface area contributed by atoms with Gasteiger partial charge in [0.15, 0.2) is 10.6 Å². The minimum absolute atomic E-state index is 0.548. The van der Waals surface area contributed by atoms with E-state index in [-0.39, 0.29) is 0 Å². The molecule has 0 spiro atoms. The maximum atomic E-state index is 5.37. The Morgan fingerprint density at radius 2 is 2.00 bits per heavy atom. The van der Waals surface area contributed by atoms with E-state index >= 15 is 0 Å². The van der Waals surface area contributed by atoms with Crippen LogP contribution in [0.3, 0.4) is 0 Å². The minimum Gasteiger partial charge on any atom is -0.378 e. The zero-order chi connectivity index (χ0) is 14.8. The topological polar surface area (TPSA) is 49.7 Å². The molecule has 0 unspecified atom stereocenters. The third kappa shape index (κ3) is 2.57. The second-order valence-corrected chi connectivity index (χ2v) is 5.20. The van der Waals surface area contributed by atoms with E-state index in [4.69, 9.17) is 12.2 Å². The average molecular weight is 297 g/mol. The molecule has 21 heavy (non-hydrogen) atoms. The predicted molar refractivity (Wildman–Crippen MR) is 86.3 cm³/mol. The van der Waals surface area contributed by atoms with Crippen molar-refractivity contribution in [1.29, 1.82) is 0 Å². The number of hydrogen-bond acceptors (Lipinski definition) is 4. The van der Waals surface area contributed by atoms with E-state index in [0.29, 0.717) is 10.6 Å². The van der Waals surface area contributed by atoms with Gasteiger partial charge < -0.3 is 4.90 Å². The van der Waals surface area contributed by atoms with Crippen molar-refractivity contribution in [2.75, 3.05) is 19.0 Å². The highest BCUT2D eigenvalue weighted by molar-refractivity contribution is 7.71. The Bertz CT molecular complexity index is 804. The van der Waals surface area contributed by atoms with Crippen LogP contribution in [0.2, 0.25) is 0 Å². The van der Waals surface area contributed by atoms with Gasteiger partial charge in [0.05, 0.1) is 5.69 Å². The lowest BCUT2D eigenvalue weighted by Crippen LogP contribution is -2.09. The average Bonchev–Trinajstić information content (AvgIpc) is 2.90. The number of aromatic amines is 1. The van der Waals surface area contributed by atoms with Crippen LogP contribution in [0.25, 0.3) is 17.2 Å². The molecule has 0 atom stereocenters. The van der Waals surface area contributed by atoms with Crippen LogP contribution in [0.15, 0.2) is 48.7 Å². The number of nitrogens with one attached hydrogen (secondary N) is 1. The number of anilines is 1. The second-order valence-electron chi connectivity index (χ2n) is 4.82. The van der Waals surface area contributed by atoms with Gasteiger partial charge in [-0.15, -0.1) is 0 Å². The Morgan fingerprint density at radius 3 is 2.71 bits per heavy atom. The zero-order valence-electron chi connectivity index (χ0n) is 11.8. The van der Waals surface area contributed by atoms with E-state index in [1.54, 1.807) is 6.20 Å². The molecule has 0 saturated heterocycles. The van der Waals surface area contributed by atoms with Crippen LogP contribution < -0.4 is 4.90 Å². The fraction of sp³-hybridized carbons (Fsp3) is 0.133. The summed E-state index contributed by atoms with van der Waals surface area (Å²) in [5.41, 5.74) is 2.84. The van der Waals surface area contributed by atoms with Crippen molar-refractivity contribution < 1.29 is 0 Å². The summed E-state index contributed by atoms with van der Waals surface area (Å²) in [6.07, 6.45) is 1.74. The summed E-state index contributed by atoms with van der Waals surface area (Å²) >= 11 is 5.37. The van der Waals surface area contributed by atoms with Gasteiger partial charge in [0.2, 0.25) is 0 Å². The smallest absolute Gasteiger partial charge is 0.200 e. The maximum absolute atomic E-state index is 5.37. The molecular weight excluding hydrogens is 282 g/mol. The summed E-state index contributed by atoms with van der Waals surface area (Å²) in [5, 5.41) is 7.15. The first-order valence-corrected chi connectivity index (χ1v) is 6.94. The summed E-state index contributed by atoms with van der Waals surface area (Å²) in [6, 6.07) is 13.8. The van der Waals surface area contributed by atoms with Crippen LogP contribution in [0.4, 0.5) is 5.69 Å². The molecule has 1 N–H and O–H groups in total. The molecule has 1 aromatic carbocycles. The van der Waals surface area contributed by atoms with E-state index in [1.165, 1.54) is 0 Å². The Labute approximate surface area is 127 Å². The van der Waals surface area contributed by atoms with Gasteiger partial charge in [-0.25, -0.2) is 0 Å². The predicted octanol–water partition coefficient (Wildman–Crippen LogP) is 3.06. The molecule has 6 heteroatoms. The summed E-state index contributed by atoms with van der Waals surface area (Å²) in [4.78, 5) is 6.40. The van der Waals surface area contributed by atoms with Crippen molar-refractivity contribution in [3.05, 3.63) is 53.4 Å². The maximum Gasteiger partial charge on any atom is 0.200 e. The Kier molecular flexibility index (Phi) is 3.53. The monoisotopic (exact) mass is 297 g/mol. The number of benzene rings is 1. The standard InChI is InChI=1S/C15H15N5S/c1-19(2)11-6-5-7-12(10-11)20-14(17-18-15(20)21)13-8-3-4-9-16-13/h3-10H,1-2H3,(H,18,21). The van der Waals surface area contributed by atoms with Gasteiger partial charge in [0.1, 0.15) is 5.69 Å². The molecule has 3 rings (SSSR count). The molecule has 0 aliphatic heterocycles. The van der Waals surface area contributed by atoms with E-state index in [0.717, 1.165) is 17.1 Å². The highest BCUT2D eigenvalue weighted by Gasteiger charge is 2.12. The molecule has 3 aromatic rings. The summed E-state index contributed by atoms with van der Waals surface area (Å²) in [6.45, 7) is 0. The van der Waals surface area contributed by atoms with Gasteiger partial charge >= 0.3 is 0 Å². The molecule has 2 aromatic heterocycles. The second kappa shape index (κ2) is 5.49. The van der Waals surface area contributed by atoms with Crippen LogP contribution in [0.1, 0.15) is 0 Å². The Balaban J connectivity index is 2.18. The van der Waals surface area contributed by atoms with Crippen molar-refractivity contribution in [3.63, 3.8) is 0 Å². The number of H-pyrrole nitrogens is 1. The first-order chi connectivity index (χ1) is 10.2. The van der Waals surface area contributed by atoms with E-state index in [2.05, 4.69) is 21.2 Å². The van der Waals surface area contributed by atoms with Crippen LogP contribution in [0.5, 0.6) is 0 Å². The number of rotatable bonds is 3. The lowest BCUT2D eigenvalue weighted by Gasteiger charge is -2.14. The van der Waals surface area contributed by atoms with Gasteiger partial charge in [-0.2, -0.15) is 5.10 Å². The first-order valence-electron chi connectivity index (χ1n) is 6.53. The molecule has 0 aliphatic rings. The van der Waals surface area contributed by atoms with Crippen LogP contribution >= 0.6 is 12.2 Å². The van der Waals surface area contributed by atoms with E-state index in [1.807, 2.05) is 60.0 Å². The van der Waals surface area contributed by atoms with Gasteiger partial charge in [-0.05, 0) is 42.5 Å². The number of aromatic nitrogens is 4. The van der Waals surface area contributed by atoms with Crippen molar-refractivity contribution in [3.8, 4) is 17.2 Å². The third-order valence-corrected chi connectivity index (χ3v) is 3.44. The lowest BCUT2D eigenvalue weighted by atomic mass is 10.2. The van der Waals surface area contributed by atoms with Crippen LogP contribution in [0, 0.1) is 4.77 Å². The normalized spacial score (nSPS) is 10.6. The molecule has 5 nitrogen and oxygen atoms in total. The van der Waals surface area contributed by atoms with Gasteiger partial charge in [0.25, 0.3) is 0 Å². The zero-order valence-corrected chi connectivity index (χ0v) is 12.6. The molecule has 0 saturated carbocycles. The highest BCUT2D eigenvalue weighted by Crippen LogP contribution is 2.22. The fourth-order valence-corrected chi connectivity index (χ4v) is 2.35. The van der Waals surface area contributed by atoms with E-state index in [9.17, 15) is 0 Å². The van der Waals surface area contributed by atoms with Crippen molar-refractivity contribution in [1.82, 2.24) is 19.7 Å². The number of nitrogens with zero attached hydrogens (tertiary/aromatic N) is 4. The third-order valence-electron chi connectivity index (χ3n) is 3.17. The largest absolute Gasteiger partial charge is 0.378 e. The van der Waals surface area contributed by atoms with Crippen LogP contribution in [-0.2, 0) is 0 Å². The number of pyridine rings is 1. The SMILES string of the molecule is CN(C)c1cccc(-n2c(-c3ccccn3)n[nH]c2=S)c1. The van der Waals surface area contributed by atoms with E-state index < -0.39 is 0 Å². The molecule has 0 amide bonds. The van der Waals surface area contributed by atoms with Crippen molar-refractivity contribution >= 4 is 17.9 Å². The Morgan fingerprint density at radius 1 is 1.14 bits per heavy atom. The molecule has 0 fully saturated rings. The lowest BCUT2D eigenvalue weighted by molar-refractivity contribution is 1.02. The summed E-state index contributed by atoms with van der Waals surface area (Å²) in [7, 11) is 4.01. The fourth-order valence-electron chi connectivity index (χ4n) is 2.11. The summed E-state index contributed by atoms with van der Waals surface area (Å²) < 4.78 is 2.44. The van der Waals surface area contributed by atoms with Crippen molar-refractivity contribution in [2.45, 2.75) is 0 Å². The molecular formula is C15H15N5S. The molecule has 0 aliphatic carbocycles. The van der Waals surface area contributed by atoms with Gasteiger partial charge in [-0.1, -0.05) is 12.1 Å². The van der Waals surface area contributed by atoms with Gasteiger partial charge in [-0.3, -0.25) is 14.6 Å². The molecule has 2 heterocycles. The van der Waals surface area contributed by atoms with Gasteiger partial charge in [0, 0.05) is 26.0 Å². The molecule has 0 radical (unpaired) electrons. The number of hydrogen-bond donors (Lipinski definition) is 1. The highest BCUT2D eigenvalue weighted by atomic mass is 32.1. The Hall–Kier alpha value is -2.47. The minimum atomic E-state index is 0.548. The van der Waals surface area contributed by atoms with Crippen molar-refractivity contribution in [2.24, 2.45) is 0 Å². The first kappa shape index (κ1) is 13.5. The molecule has 106 valence electrons. The van der Waals surface area contributed by atoms with Crippen LogP contribution in [-0.4, -0.2) is 33.8 Å². The summed E-state index contributed by atoms with van der Waals surface area (Å²) in [5.74, 6) is 0.705. The molecule has 0 bridgehead atoms. The quantitative estimate of drug-likeness (QED) is 0.755.